The van der Waals surface area contributed by atoms with Crippen LogP contribution in [0.15, 0.2) is 6.20 Å². The molecule has 3 aliphatic rings. The van der Waals surface area contributed by atoms with E-state index in [1.807, 2.05) is 0 Å². The van der Waals surface area contributed by atoms with Gasteiger partial charge in [-0.1, -0.05) is 5.21 Å². The van der Waals surface area contributed by atoms with Gasteiger partial charge in [-0.15, -0.1) is 5.10 Å². The maximum absolute atomic E-state index is 5.52. The molecule has 1 aromatic rings. The SMILES string of the molecule is c1c(CN2CCC3(CCOCC3)CC2)nnn1C1CC1. The highest BCUT2D eigenvalue weighted by Gasteiger charge is 2.36. The van der Waals surface area contributed by atoms with Gasteiger partial charge in [-0.2, -0.15) is 0 Å². The first kappa shape index (κ1) is 12.8. The fourth-order valence-corrected chi connectivity index (χ4v) is 3.62. The number of nitrogens with zero attached hydrogens (tertiary/aromatic N) is 4. The Kier molecular flexibility index (Phi) is 3.27. The molecule has 2 aliphatic heterocycles. The quantitative estimate of drug-likeness (QED) is 0.847. The van der Waals surface area contributed by atoms with E-state index in [0.717, 1.165) is 25.5 Å². The van der Waals surface area contributed by atoms with Crippen molar-refractivity contribution in [2.45, 2.75) is 51.1 Å². The van der Waals surface area contributed by atoms with Crippen LogP contribution in [0.1, 0.15) is 50.3 Å². The van der Waals surface area contributed by atoms with Crippen LogP contribution in [0.25, 0.3) is 0 Å². The average Bonchev–Trinajstić information content (AvgIpc) is 3.23. The summed E-state index contributed by atoms with van der Waals surface area (Å²) in [5.74, 6) is 0. The molecule has 0 atom stereocenters. The fraction of sp³-hybridized carbons (Fsp3) is 0.867. The Morgan fingerprint density at radius 2 is 1.90 bits per heavy atom. The molecule has 5 nitrogen and oxygen atoms in total. The molecule has 0 radical (unpaired) electrons. The predicted molar refractivity (Wildman–Crippen MR) is 75.3 cm³/mol. The van der Waals surface area contributed by atoms with Crippen LogP contribution in [0, 0.1) is 5.41 Å². The minimum Gasteiger partial charge on any atom is -0.381 e. The Labute approximate surface area is 120 Å². The Bertz CT molecular complexity index is 452. The first-order valence-electron chi connectivity index (χ1n) is 8.04. The zero-order valence-corrected chi connectivity index (χ0v) is 12.1. The van der Waals surface area contributed by atoms with Crippen molar-refractivity contribution >= 4 is 0 Å². The van der Waals surface area contributed by atoms with E-state index in [1.54, 1.807) is 0 Å². The first-order chi connectivity index (χ1) is 9.83. The molecule has 1 aromatic heterocycles. The van der Waals surface area contributed by atoms with Gasteiger partial charge in [-0.25, -0.2) is 4.68 Å². The number of rotatable bonds is 3. The number of piperidine rings is 1. The summed E-state index contributed by atoms with van der Waals surface area (Å²) < 4.78 is 7.57. The first-order valence-corrected chi connectivity index (χ1v) is 8.04. The second-order valence-electron chi connectivity index (χ2n) is 6.81. The molecule has 5 heteroatoms. The van der Waals surface area contributed by atoms with Crippen molar-refractivity contribution in [3.05, 3.63) is 11.9 Å². The van der Waals surface area contributed by atoms with E-state index < -0.39 is 0 Å². The number of aromatic nitrogens is 3. The second-order valence-corrected chi connectivity index (χ2v) is 6.81. The molecule has 3 fully saturated rings. The molecule has 1 aliphatic carbocycles. The van der Waals surface area contributed by atoms with E-state index in [1.165, 1.54) is 51.6 Å². The fourth-order valence-electron chi connectivity index (χ4n) is 3.62. The average molecular weight is 276 g/mol. The van der Waals surface area contributed by atoms with Gasteiger partial charge in [0.25, 0.3) is 0 Å². The van der Waals surface area contributed by atoms with E-state index >= 15 is 0 Å². The van der Waals surface area contributed by atoms with Crippen molar-refractivity contribution in [3.8, 4) is 0 Å². The molecular formula is C15H24N4O. The molecule has 1 saturated carbocycles. The van der Waals surface area contributed by atoms with Gasteiger partial charge in [0.1, 0.15) is 0 Å². The zero-order valence-electron chi connectivity index (χ0n) is 12.1. The Morgan fingerprint density at radius 1 is 1.15 bits per heavy atom. The molecule has 0 aromatic carbocycles. The summed E-state index contributed by atoms with van der Waals surface area (Å²) in [7, 11) is 0. The monoisotopic (exact) mass is 276 g/mol. The topological polar surface area (TPSA) is 43.2 Å². The molecule has 110 valence electrons. The molecule has 0 unspecified atom stereocenters. The second kappa shape index (κ2) is 5.11. The van der Waals surface area contributed by atoms with E-state index in [0.29, 0.717) is 11.5 Å². The molecular weight excluding hydrogens is 252 g/mol. The summed E-state index contributed by atoms with van der Waals surface area (Å²) >= 11 is 0. The highest BCUT2D eigenvalue weighted by Crippen LogP contribution is 2.40. The van der Waals surface area contributed by atoms with Crippen molar-refractivity contribution in [2.24, 2.45) is 5.41 Å². The van der Waals surface area contributed by atoms with Crippen molar-refractivity contribution in [2.75, 3.05) is 26.3 Å². The van der Waals surface area contributed by atoms with Gasteiger partial charge < -0.3 is 4.74 Å². The van der Waals surface area contributed by atoms with Gasteiger partial charge in [-0.3, -0.25) is 4.90 Å². The van der Waals surface area contributed by atoms with Crippen LogP contribution < -0.4 is 0 Å². The lowest BCUT2D eigenvalue weighted by Crippen LogP contribution is -2.42. The van der Waals surface area contributed by atoms with Gasteiger partial charge in [0, 0.05) is 19.8 Å². The lowest BCUT2D eigenvalue weighted by atomic mass is 9.72. The largest absolute Gasteiger partial charge is 0.381 e. The van der Waals surface area contributed by atoms with E-state index in [4.69, 9.17) is 4.74 Å². The molecule has 20 heavy (non-hydrogen) atoms. The van der Waals surface area contributed by atoms with Gasteiger partial charge >= 0.3 is 0 Å². The highest BCUT2D eigenvalue weighted by molar-refractivity contribution is 4.97. The number of hydrogen-bond donors (Lipinski definition) is 0. The minimum atomic E-state index is 0.584. The van der Waals surface area contributed by atoms with Gasteiger partial charge in [-0.05, 0) is 57.0 Å². The molecule has 0 N–H and O–H groups in total. The van der Waals surface area contributed by atoms with Crippen LogP contribution in [-0.2, 0) is 11.3 Å². The lowest BCUT2D eigenvalue weighted by Gasteiger charge is -2.44. The summed E-state index contributed by atoms with van der Waals surface area (Å²) in [6, 6.07) is 0.642. The van der Waals surface area contributed by atoms with Crippen molar-refractivity contribution in [3.63, 3.8) is 0 Å². The third-order valence-corrected chi connectivity index (χ3v) is 5.33. The van der Waals surface area contributed by atoms with E-state index in [-0.39, 0.29) is 0 Å². The maximum atomic E-state index is 5.52. The predicted octanol–water partition coefficient (Wildman–Crippen LogP) is 2.01. The smallest absolute Gasteiger partial charge is 0.0967 e. The standard InChI is InChI=1S/C15H24N4O/c1-2-14(1)19-12-13(16-17-19)11-18-7-3-15(4-8-18)5-9-20-10-6-15/h12,14H,1-11H2. The molecule has 3 heterocycles. The Balaban J connectivity index is 1.32. The van der Waals surface area contributed by atoms with E-state index in [2.05, 4.69) is 26.1 Å². The summed E-state index contributed by atoms with van der Waals surface area (Å²) in [5.41, 5.74) is 1.72. The lowest BCUT2D eigenvalue weighted by molar-refractivity contribution is -0.0219. The molecule has 4 rings (SSSR count). The highest BCUT2D eigenvalue weighted by atomic mass is 16.5. The van der Waals surface area contributed by atoms with E-state index in [9.17, 15) is 0 Å². The zero-order chi connectivity index (χ0) is 13.4. The summed E-state index contributed by atoms with van der Waals surface area (Å²) in [4.78, 5) is 2.54. The third kappa shape index (κ3) is 2.61. The van der Waals surface area contributed by atoms with Crippen LogP contribution in [0.5, 0.6) is 0 Å². The van der Waals surface area contributed by atoms with Crippen LogP contribution in [0.3, 0.4) is 0 Å². The number of hydrogen-bond acceptors (Lipinski definition) is 4. The van der Waals surface area contributed by atoms with Crippen molar-refractivity contribution < 1.29 is 4.74 Å². The number of ether oxygens (including phenoxy) is 1. The molecule has 0 amide bonds. The van der Waals surface area contributed by atoms with Crippen molar-refractivity contribution in [1.29, 1.82) is 0 Å². The van der Waals surface area contributed by atoms with Gasteiger partial charge in [0.05, 0.1) is 17.9 Å². The maximum Gasteiger partial charge on any atom is 0.0967 e. The van der Waals surface area contributed by atoms with Crippen LogP contribution in [0.2, 0.25) is 0 Å². The van der Waals surface area contributed by atoms with Crippen LogP contribution in [-0.4, -0.2) is 46.2 Å². The molecule has 2 saturated heterocycles. The van der Waals surface area contributed by atoms with Gasteiger partial charge in [0.15, 0.2) is 0 Å². The minimum absolute atomic E-state index is 0.584. The van der Waals surface area contributed by atoms with Crippen molar-refractivity contribution in [1.82, 2.24) is 19.9 Å². The van der Waals surface area contributed by atoms with Crippen LogP contribution in [0.4, 0.5) is 0 Å². The molecule has 1 spiro atoms. The van der Waals surface area contributed by atoms with Gasteiger partial charge in [0.2, 0.25) is 0 Å². The molecule has 0 bridgehead atoms. The summed E-state index contributed by atoms with van der Waals surface area (Å²) in [6.45, 7) is 5.32. The summed E-state index contributed by atoms with van der Waals surface area (Å²) in [5, 5.41) is 8.58. The summed E-state index contributed by atoms with van der Waals surface area (Å²) in [6.07, 6.45) is 9.88. The Morgan fingerprint density at radius 3 is 2.60 bits per heavy atom. The third-order valence-electron chi connectivity index (χ3n) is 5.33. The Hall–Kier alpha value is -0.940. The normalized spacial score (nSPS) is 27.0. The van der Waals surface area contributed by atoms with Crippen LogP contribution >= 0.6 is 0 Å². The number of likely N-dealkylation sites (tertiary alicyclic amines) is 1.